The van der Waals surface area contributed by atoms with E-state index in [1.807, 2.05) is 43.0 Å². The first-order valence-electron chi connectivity index (χ1n) is 6.78. The number of benzene rings is 1. The van der Waals surface area contributed by atoms with E-state index >= 15 is 0 Å². The minimum atomic E-state index is -0.533. The van der Waals surface area contributed by atoms with Crippen LogP contribution in [0.15, 0.2) is 47.7 Å². The van der Waals surface area contributed by atoms with Gasteiger partial charge in [0.1, 0.15) is 5.82 Å². The maximum atomic E-state index is 13.5. The number of hydrogen-bond acceptors (Lipinski definition) is 4. The Labute approximate surface area is 123 Å². The van der Waals surface area contributed by atoms with Gasteiger partial charge in [-0.3, -0.25) is 9.98 Å². The van der Waals surface area contributed by atoms with Gasteiger partial charge in [-0.1, -0.05) is 17.7 Å². The van der Waals surface area contributed by atoms with E-state index in [-0.39, 0.29) is 5.82 Å². The second-order valence-electron chi connectivity index (χ2n) is 5.51. The molecule has 0 saturated heterocycles. The summed E-state index contributed by atoms with van der Waals surface area (Å²) in [6.45, 7) is 4.49. The molecule has 1 aliphatic rings. The highest BCUT2D eigenvalue weighted by Crippen LogP contribution is 2.36. The van der Waals surface area contributed by atoms with Crippen LogP contribution in [0.4, 0.5) is 10.1 Å². The van der Waals surface area contributed by atoms with Gasteiger partial charge >= 0.3 is 0 Å². The third kappa shape index (κ3) is 2.24. The predicted molar refractivity (Wildman–Crippen MR) is 81.7 cm³/mol. The first-order chi connectivity index (χ1) is 10.0. The van der Waals surface area contributed by atoms with E-state index in [2.05, 4.69) is 9.98 Å². The highest BCUT2D eigenvalue weighted by molar-refractivity contribution is 5.98. The standard InChI is InChI=1S/C16H17FN4/c1-11-3-5-14(6-4-11)21-15(18)20-10-16(21,2)12-7-13(17)9-19-8-12/h3-9H,10H2,1-2H3,(H2,18,20). The Morgan fingerprint density at radius 2 is 1.95 bits per heavy atom. The van der Waals surface area contributed by atoms with E-state index in [0.29, 0.717) is 12.5 Å². The summed E-state index contributed by atoms with van der Waals surface area (Å²) in [4.78, 5) is 10.2. The fourth-order valence-corrected chi connectivity index (χ4v) is 2.67. The fraction of sp³-hybridized carbons (Fsp3) is 0.250. The summed E-state index contributed by atoms with van der Waals surface area (Å²) >= 11 is 0. The topological polar surface area (TPSA) is 54.5 Å². The second-order valence-corrected chi connectivity index (χ2v) is 5.51. The Bertz CT molecular complexity index is 696. The van der Waals surface area contributed by atoms with Crippen LogP contribution in [0.25, 0.3) is 0 Å². The van der Waals surface area contributed by atoms with Crippen LogP contribution in [0, 0.1) is 12.7 Å². The Kier molecular flexibility index (Phi) is 3.12. The number of guanidine groups is 1. The van der Waals surface area contributed by atoms with Crippen LogP contribution in [-0.2, 0) is 5.54 Å². The van der Waals surface area contributed by atoms with Gasteiger partial charge in [0, 0.05) is 17.4 Å². The van der Waals surface area contributed by atoms with Crippen molar-refractivity contribution in [1.82, 2.24) is 4.98 Å². The SMILES string of the molecule is Cc1ccc(N2C(N)=NCC2(C)c2cncc(F)c2)cc1. The molecule has 108 valence electrons. The molecule has 1 atom stereocenters. The molecule has 2 N–H and O–H groups in total. The summed E-state index contributed by atoms with van der Waals surface area (Å²) < 4.78 is 13.5. The lowest BCUT2D eigenvalue weighted by molar-refractivity contribution is 0.521. The maximum Gasteiger partial charge on any atom is 0.196 e. The first kappa shape index (κ1) is 13.5. The van der Waals surface area contributed by atoms with Gasteiger partial charge in [-0.25, -0.2) is 4.39 Å². The molecule has 0 spiro atoms. The van der Waals surface area contributed by atoms with Gasteiger partial charge in [-0.05, 0) is 32.0 Å². The van der Waals surface area contributed by atoms with Gasteiger partial charge in [0.05, 0.1) is 18.3 Å². The zero-order valence-electron chi connectivity index (χ0n) is 12.0. The number of hydrogen-bond donors (Lipinski definition) is 1. The highest BCUT2D eigenvalue weighted by Gasteiger charge is 2.41. The van der Waals surface area contributed by atoms with Crippen molar-refractivity contribution < 1.29 is 4.39 Å². The number of nitrogens with two attached hydrogens (primary N) is 1. The number of pyridine rings is 1. The summed E-state index contributed by atoms with van der Waals surface area (Å²) in [6, 6.07) is 9.51. The molecule has 0 radical (unpaired) electrons. The largest absolute Gasteiger partial charge is 0.369 e. The molecule has 1 aliphatic heterocycles. The molecule has 2 aromatic rings. The van der Waals surface area contributed by atoms with Crippen LogP contribution < -0.4 is 10.6 Å². The zero-order valence-corrected chi connectivity index (χ0v) is 12.0. The molecular formula is C16H17FN4. The van der Waals surface area contributed by atoms with E-state index in [1.165, 1.54) is 17.8 Å². The second kappa shape index (κ2) is 4.84. The van der Waals surface area contributed by atoms with Crippen LogP contribution in [0.3, 0.4) is 0 Å². The fourth-order valence-electron chi connectivity index (χ4n) is 2.67. The monoisotopic (exact) mass is 284 g/mol. The molecule has 1 aromatic heterocycles. The summed E-state index contributed by atoms with van der Waals surface area (Å²) in [5.41, 5.74) is 8.39. The maximum absolute atomic E-state index is 13.5. The van der Waals surface area contributed by atoms with E-state index < -0.39 is 5.54 Å². The number of halogens is 1. The molecule has 0 fully saturated rings. The summed E-state index contributed by atoms with van der Waals surface area (Å²) in [5.74, 6) is 0.0775. The average Bonchev–Trinajstić information content (AvgIpc) is 2.77. The molecule has 3 rings (SSSR count). The molecule has 1 aromatic carbocycles. The van der Waals surface area contributed by atoms with E-state index in [9.17, 15) is 4.39 Å². The molecule has 0 amide bonds. The average molecular weight is 284 g/mol. The van der Waals surface area contributed by atoms with Crippen LogP contribution >= 0.6 is 0 Å². The van der Waals surface area contributed by atoms with Crippen molar-refractivity contribution in [3.8, 4) is 0 Å². The summed E-state index contributed by atoms with van der Waals surface area (Å²) in [6.07, 6.45) is 2.86. The van der Waals surface area contributed by atoms with Gasteiger partial charge in [-0.2, -0.15) is 0 Å². The Hall–Kier alpha value is -2.43. The lowest BCUT2D eigenvalue weighted by Crippen LogP contribution is -2.47. The number of nitrogens with zero attached hydrogens (tertiary/aromatic N) is 3. The quantitative estimate of drug-likeness (QED) is 0.922. The van der Waals surface area contributed by atoms with Crippen molar-refractivity contribution in [1.29, 1.82) is 0 Å². The van der Waals surface area contributed by atoms with E-state index in [0.717, 1.165) is 11.3 Å². The number of aryl methyl sites for hydroxylation is 1. The van der Waals surface area contributed by atoms with Crippen LogP contribution in [0.5, 0.6) is 0 Å². The van der Waals surface area contributed by atoms with Gasteiger partial charge in [0.25, 0.3) is 0 Å². The molecule has 0 aliphatic carbocycles. The first-order valence-corrected chi connectivity index (χ1v) is 6.78. The Morgan fingerprint density at radius 3 is 2.62 bits per heavy atom. The molecule has 0 saturated carbocycles. The third-order valence-corrected chi connectivity index (χ3v) is 3.89. The van der Waals surface area contributed by atoms with Crippen molar-refractivity contribution in [2.75, 3.05) is 11.4 Å². The normalized spacial score (nSPS) is 21.5. The summed E-state index contributed by atoms with van der Waals surface area (Å²) in [5, 5.41) is 0. The van der Waals surface area contributed by atoms with Crippen molar-refractivity contribution in [3.63, 3.8) is 0 Å². The van der Waals surface area contributed by atoms with Crippen molar-refractivity contribution >= 4 is 11.6 Å². The molecular weight excluding hydrogens is 267 g/mol. The van der Waals surface area contributed by atoms with Gasteiger partial charge in [0.15, 0.2) is 5.96 Å². The highest BCUT2D eigenvalue weighted by atomic mass is 19.1. The zero-order chi connectivity index (χ0) is 15.0. The minimum Gasteiger partial charge on any atom is -0.369 e. The van der Waals surface area contributed by atoms with E-state index in [1.54, 1.807) is 6.20 Å². The van der Waals surface area contributed by atoms with Crippen LogP contribution in [-0.4, -0.2) is 17.5 Å². The van der Waals surface area contributed by atoms with Gasteiger partial charge < -0.3 is 10.6 Å². The Balaban J connectivity index is 2.07. The van der Waals surface area contributed by atoms with Crippen LogP contribution in [0.1, 0.15) is 18.1 Å². The molecule has 21 heavy (non-hydrogen) atoms. The van der Waals surface area contributed by atoms with E-state index in [4.69, 9.17) is 5.73 Å². The molecule has 2 heterocycles. The lowest BCUT2D eigenvalue weighted by atomic mass is 9.92. The Morgan fingerprint density at radius 1 is 1.24 bits per heavy atom. The number of aromatic nitrogens is 1. The van der Waals surface area contributed by atoms with Crippen LogP contribution in [0.2, 0.25) is 0 Å². The molecule has 1 unspecified atom stereocenters. The van der Waals surface area contributed by atoms with Crippen molar-refractivity contribution in [3.05, 3.63) is 59.7 Å². The van der Waals surface area contributed by atoms with Gasteiger partial charge in [0.2, 0.25) is 0 Å². The lowest BCUT2D eigenvalue weighted by Gasteiger charge is -2.36. The smallest absolute Gasteiger partial charge is 0.196 e. The summed E-state index contributed by atoms with van der Waals surface area (Å²) in [7, 11) is 0. The molecule has 0 bridgehead atoms. The predicted octanol–water partition coefficient (Wildman–Crippen LogP) is 2.58. The van der Waals surface area contributed by atoms with Gasteiger partial charge in [-0.15, -0.1) is 0 Å². The molecule has 4 nitrogen and oxygen atoms in total. The number of anilines is 1. The number of aliphatic imine (C=N–C) groups is 1. The number of rotatable bonds is 2. The third-order valence-electron chi connectivity index (χ3n) is 3.89. The van der Waals surface area contributed by atoms with Crippen molar-refractivity contribution in [2.45, 2.75) is 19.4 Å². The minimum absolute atomic E-state index is 0.358. The van der Waals surface area contributed by atoms with Crippen molar-refractivity contribution in [2.24, 2.45) is 10.7 Å². The molecule has 5 heteroatoms.